The first-order chi connectivity index (χ1) is 22.5. The molecule has 0 aliphatic rings. The standard InChI is InChI=1S/2C18H13PS.2CH2Cl2.Pd/c2*20-18-12-6-5-11-17(18)19-15-9-3-1-7-13(15)14-8-2-4-10-16(14)19;2*2-1-3;/h2*1-12,20H;2*1H2;/q;;;;+2/p-2. The van der Waals surface area contributed by atoms with Gasteiger partial charge in [0.15, 0.2) is 0 Å². The first-order valence-corrected chi connectivity index (χ1v) is 19.9. The summed E-state index contributed by atoms with van der Waals surface area (Å²) in [7, 11) is -0.994. The van der Waals surface area contributed by atoms with Gasteiger partial charge in [-0.3, -0.25) is 0 Å². The molecule has 8 rings (SSSR count). The summed E-state index contributed by atoms with van der Waals surface area (Å²) in [5, 5.41) is 14.2. The number of halogens is 4. The summed E-state index contributed by atoms with van der Waals surface area (Å²) < 4.78 is 0. The van der Waals surface area contributed by atoms with E-state index in [9.17, 15) is 0 Å². The van der Waals surface area contributed by atoms with E-state index in [0.29, 0.717) is 0 Å². The van der Waals surface area contributed by atoms with E-state index in [4.69, 9.17) is 71.7 Å². The van der Waals surface area contributed by atoms with Gasteiger partial charge in [0, 0.05) is 20.5 Å². The Morgan fingerprint density at radius 2 is 0.574 bits per heavy atom. The van der Waals surface area contributed by atoms with Gasteiger partial charge in [0.05, 0.1) is 10.7 Å². The van der Waals surface area contributed by atoms with Crippen LogP contribution in [0.5, 0.6) is 0 Å². The Kier molecular flexibility index (Phi) is 15.2. The van der Waals surface area contributed by atoms with Crippen LogP contribution in [0.25, 0.3) is 52.6 Å². The zero-order chi connectivity index (χ0) is 32.5. The summed E-state index contributed by atoms with van der Waals surface area (Å²) in [5.74, 6) is 0. The third kappa shape index (κ3) is 8.50. The van der Waals surface area contributed by atoms with E-state index in [2.05, 4.69) is 121 Å². The van der Waals surface area contributed by atoms with Gasteiger partial charge in [0.2, 0.25) is 0 Å². The number of hydrogen-bond acceptors (Lipinski definition) is 2. The SMILES string of the molecule is ClCCl.ClCCl.[Pd+2].[S-]c1ccccc1-p1c2ccccc2c2ccccc21.[S-]c1ccccc1-p1c2ccccc2c2ccccc21. The molecule has 0 N–H and O–H groups in total. The van der Waals surface area contributed by atoms with E-state index < -0.39 is 15.1 Å². The Morgan fingerprint density at radius 1 is 0.362 bits per heavy atom. The van der Waals surface area contributed by atoms with Gasteiger partial charge in [-0.15, -0.1) is 46.4 Å². The zero-order valence-corrected chi connectivity index (χ0v) is 32.8. The number of fused-ring (bicyclic) bond motifs is 6. The fourth-order valence-electron chi connectivity index (χ4n) is 5.65. The van der Waals surface area contributed by atoms with E-state index >= 15 is 0 Å². The summed E-state index contributed by atoms with van der Waals surface area (Å²) in [6.07, 6.45) is 0. The molecule has 0 atom stereocenters. The molecule has 0 spiro atoms. The van der Waals surface area contributed by atoms with Crippen LogP contribution in [0.15, 0.2) is 155 Å². The van der Waals surface area contributed by atoms with Crippen LogP contribution in [0.4, 0.5) is 0 Å². The number of rotatable bonds is 2. The van der Waals surface area contributed by atoms with E-state index in [-0.39, 0.29) is 31.1 Å². The van der Waals surface area contributed by atoms with Crippen molar-refractivity contribution in [2.24, 2.45) is 0 Å². The third-order valence-electron chi connectivity index (χ3n) is 7.37. The fraction of sp³-hybridized carbons (Fsp3) is 0.0526. The molecule has 0 radical (unpaired) electrons. The predicted octanol–water partition coefficient (Wildman–Crippen LogP) is 14.6. The van der Waals surface area contributed by atoms with Crippen molar-refractivity contribution in [3.63, 3.8) is 0 Å². The minimum absolute atomic E-state index is 0. The van der Waals surface area contributed by atoms with Crippen molar-refractivity contribution in [3.8, 4) is 10.6 Å². The molecule has 240 valence electrons. The van der Waals surface area contributed by atoms with Gasteiger partial charge >= 0.3 is 20.4 Å². The maximum absolute atomic E-state index is 5.56. The van der Waals surface area contributed by atoms with Gasteiger partial charge in [0.1, 0.15) is 0 Å². The first kappa shape index (κ1) is 38.0. The minimum atomic E-state index is -0.497. The largest absolute Gasteiger partial charge is 2.00 e. The van der Waals surface area contributed by atoms with Crippen LogP contribution in [0.2, 0.25) is 0 Å². The molecule has 0 bridgehead atoms. The van der Waals surface area contributed by atoms with Gasteiger partial charge in [-0.2, -0.15) is 9.79 Å². The molecule has 0 aliphatic heterocycles. The Labute approximate surface area is 323 Å². The molecule has 0 unspecified atom stereocenters. The second-order valence-corrected chi connectivity index (χ2v) is 16.6. The molecule has 9 heteroatoms. The summed E-state index contributed by atoms with van der Waals surface area (Å²) in [5.41, 5.74) is 0. The third-order valence-corrected chi connectivity index (χ3v) is 13.6. The molecule has 6 aromatic carbocycles. The summed E-state index contributed by atoms with van der Waals surface area (Å²) >= 11 is 30.2. The topological polar surface area (TPSA) is 0 Å². The van der Waals surface area contributed by atoms with Crippen molar-refractivity contribution in [1.82, 2.24) is 0 Å². The molecule has 2 aromatic heterocycles. The van der Waals surface area contributed by atoms with Gasteiger partial charge in [-0.25, -0.2) is 0 Å². The van der Waals surface area contributed by atoms with Crippen LogP contribution >= 0.6 is 61.5 Å². The molecule has 8 aromatic rings. The average Bonchev–Trinajstić information content (AvgIpc) is 3.60. The number of benzene rings is 6. The molecule has 2 heterocycles. The Bertz CT molecular complexity index is 1950. The minimum Gasteiger partial charge on any atom is -0.779 e. The maximum atomic E-state index is 5.56. The second-order valence-electron chi connectivity index (χ2n) is 9.88. The van der Waals surface area contributed by atoms with Crippen LogP contribution in [-0.4, -0.2) is 10.7 Å². The van der Waals surface area contributed by atoms with E-state index in [1.165, 1.54) is 52.6 Å². The van der Waals surface area contributed by atoms with Crippen molar-refractivity contribution in [2.75, 3.05) is 10.7 Å². The molecule has 0 nitrogen and oxygen atoms in total. The average molecular weight is 859 g/mol. The molecule has 0 aliphatic carbocycles. The first-order valence-electron chi connectivity index (χ1n) is 14.3. The molecule has 0 amide bonds. The normalized spacial score (nSPS) is 10.3. The Hall–Kier alpha value is -1.82. The molecular weight excluding hydrogens is 831 g/mol. The Morgan fingerprint density at radius 3 is 0.830 bits per heavy atom. The van der Waals surface area contributed by atoms with Crippen molar-refractivity contribution < 1.29 is 20.4 Å². The molecular formula is C38H28Cl4P2PdS2. The van der Waals surface area contributed by atoms with Gasteiger partial charge < -0.3 is 25.3 Å². The van der Waals surface area contributed by atoms with E-state index in [0.717, 1.165) is 9.79 Å². The summed E-state index contributed by atoms with van der Waals surface area (Å²) in [6.45, 7) is 0. The zero-order valence-electron chi connectivity index (χ0n) is 24.8. The monoisotopic (exact) mass is 856 g/mol. The summed E-state index contributed by atoms with van der Waals surface area (Å²) in [4.78, 5) is 1.95. The van der Waals surface area contributed by atoms with Crippen molar-refractivity contribution in [3.05, 3.63) is 146 Å². The number of alkyl halides is 4. The van der Waals surface area contributed by atoms with Crippen molar-refractivity contribution in [2.45, 2.75) is 9.79 Å². The summed E-state index contributed by atoms with van der Waals surface area (Å²) in [6, 6.07) is 51.6. The fourth-order valence-corrected chi connectivity index (χ4v) is 11.8. The van der Waals surface area contributed by atoms with Crippen LogP contribution in [0.1, 0.15) is 0 Å². The van der Waals surface area contributed by atoms with Gasteiger partial charge in [-0.1, -0.05) is 161 Å². The maximum Gasteiger partial charge on any atom is 2.00 e. The van der Waals surface area contributed by atoms with Crippen LogP contribution in [0.3, 0.4) is 0 Å². The van der Waals surface area contributed by atoms with E-state index in [1.54, 1.807) is 0 Å². The van der Waals surface area contributed by atoms with E-state index in [1.807, 2.05) is 24.3 Å². The predicted molar refractivity (Wildman–Crippen MR) is 215 cm³/mol. The van der Waals surface area contributed by atoms with Gasteiger partial charge in [0.25, 0.3) is 0 Å². The van der Waals surface area contributed by atoms with Crippen molar-refractivity contribution in [1.29, 1.82) is 0 Å². The smallest absolute Gasteiger partial charge is 0.779 e. The molecule has 0 saturated carbocycles. The molecule has 47 heavy (non-hydrogen) atoms. The quantitative estimate of drug-likeness (QED) is 0.0965. The molecule has 0 fully saturated rings. The van der Waals surface area contributed by atoms with Crippen LogP contribution < -0.4 is 0 Å². The molecule has 0 saturated heterocycles. The van der Waals surface area contributed by atoms with Crippen LogP contribution in [0, 0.1) is 0 Å². The van der Waals surface area contributed by atoms with Gasteiger partial charge in [-0.05, 0) is 32.2 Å². The van der Waals surface area contributed by atoms with Crippen molar-refractivity contribution >= 4 is 129 Å². The van der Waals surface area contributed by atoms with Crippen LogP contribution in [-0.2, 0) is 45.7 Å². The number of hydrogen-bond donors (Lipinski definition) is 0. The second kappa shape index (κ2) is 18.8. The Balaban J connectivity index is 0.000000179.